The number of benzene rings is 1. The zero-order valence-corrected chi connectivity index (χ0v) is 8.91. The normalized spacial score (nSPS) is 10.4. The van der Waals surface area contributed by atoms with Gasteiger partial charge >= 0.3 is 0 Å². The summed E-state index contributed by atoms with van der Waals surface area (Å²) in [6.07, 6.45) is 1.75. The summed E-state index contributed by atoms with van der Waals surface area (Å²) >= 11 is 3.29. The SMILES string of the molecule is Fc1ccccc1-n1ccc(CBr)n1. The fraction of sp³-hybridized carbons (Fsp3) is 0.100. The lowest BCUT2D eigenvalue weighted by molar-refractivity contribution is 0.610. The van der Waals surface area contributed by atoms with Crippen LogP contribution in [0.15, 0.2) is 36.5 Å². The number of nitrogens with zero attached hydrogens (tertiary/aromatic N) is 2. The quantitative estimate of drug-likeness (QED) is 0.754. The molecule has 2 nitrogen and oxygen atoms in total. The van der Waals surface area contributed by atoms with Gasteiger partial charge in [0, 0.05) is 11.5 Å². The van der Waals surface area contributed by atoms with Crippen molar-refractivity contribution in [3.05, 3.63) is 48.0 Å². The van der Waals surface area contributed by atoms with Crippen molar-refractivity contribution in [2.75, 3.05) is 0 Å². The average molecular weight is 255 g/mol. The second kappa shape index (κ2) is 3.92. The first-order valence-corrected chi connectivity index (χ1v) is 5.29. The molecule has 0 aliphatic carbocycles. The van der Waals surface area contributed by atoms with E-state index >= 15 is 0 Å². The van der Waals surface area contributed by atoms with Gasteiger partial charge in [0.15, 0.2) is 0 Å². The average Bonchev–Trinajstić information content (AvgIpc) is 2.67. The molecule has 0 saturated heterocycles. The van der Waals surface area contributed by atoms with E-state index in [0.717, 1.165) is 5.69 Å². The predicted octanol–water partition coefficient (Wildman–Crippen LogP) is 2.91. The number of hydrogen-bond acceptors (Lipinski definition) is 1. The smallest absolute Gasteiger partial charge is 0.148 e. The lowest BCUT2D eigenvalue weighted by Crippen LogP contribution is -1.98. The van der Waals surface area contributed by atoms with E-state index in [9.17, 15) is 4.39 Å². The first kappa shape index (κ1) is 9.40. The minimum absolute atomic E-state index is 0.267. The van der Waals surface area contributed by atoms with Crippen LogP contribution >= 0.6 is 15.9 Å². The summed E-state index contributed by atoms with van der Waals surface area (Å²) in [6.45, 7) is 0. The summed E-state index contributed by atoms with van der Waals surface area (Å²) in [5, 5.41) is 4.86. The predicted molar refractivity (Wildman–Crippen MR) is 56.2 cm³/mol. The maximum Gasteiger partial charge on any atom is 0.148 e. The Balaban J connectivity index is 2.44. The van der Waals surface area contributed by atoms with Gasteiger partial charge in [0.1, 0.15) is 11.5 Å². The van der Waals surface area contributed by atoms with Gasteiger partial charge in [-0.1, -0.05) is 28.1 Å². The zero-order valence-electron chi connectivity index (χ0n) is 7.32. The van der Waals surface area contributed by atoms with Gasteiger partial charge in [0.05, 0.1) is 5.69 Å². The third kappa shape index (κ3) is 1.70. The van der Waals surface area contributed by atoms with Crippen LogP contribution in [-0.2, 0) is 5.33 Å². The van der Waals surface area contributed by atoms with E-state index in [1.807, 2.05) is 6.07 Å². The maximum atomic E-state index is 13.3. The van der Waals surface area contributed by atoms with Crippen molar-refractivity contribution >= 4 is 15.9 Å². The van der Waals surface area contributed by atoms with Gasteiger partial charge in [-0.05, 0) is 18.2 Å². The Kier molecular flexibility index (Phi) is 2.63. The van der Waals surface area contributed by atoms with Crippen LogP contribution in [0.1, 0.15) is 5.69 Å². The Labute approximate surface area is 89.5 Å². The molecule has 0 atom stereocenters. The summed E-state index contributed by atoms with van der Waals surface area (Å²) in [4.78, 5) is 0. The molecule has 0 aliphatic heterocycles. The van der Waals surface area contributed by atoms with Crippen LogP contribution in [0, 0.1) is 5.82 Å². The summed E-state index contributed by atoms with van der Waals surface area (Å²) in [5.74, 6) is -0.267. The van der Waals surface area contributed by atoms with E-state index in [0.29, 0.717) is 11.0 Å². The minimum atomic E-state index is -0.267. The number of alkyl halides is 1. The molecule has 1 heterocycles. The zero-order chi connectivity index (χ0) is 9.97. The molecule has 0 spiro atoms. The van der Waals surface area contributed by atoms with Gasteiger partial charge in [-0.25, -0.2) is 9.07 Å². The molecule has 0 radical (unpaired) electrons. The van der Waals surface area contributed by atoms with Crippen LogP contribution in [0.3, 0.4) is 0 Å². The monoisotopic (exact) mass is 254 g/mol. The molecule has 72 valence electrons. The van der Waals surface area contributed by atoms with E-state index in [2.05, 4.69) is 21.0 Å². The number of rotatable bonds is 2. The summed E-state index contributed by atoms with van der Waals surface area (Å²) in [5.41, 5.74) is 1.35. The second-order valence-corrected chi connectivity index (χ2v) is 3.40. The van der Waals surface area contributed by atoms with Crippen LogP contribution in [0.5, 0.6) is 0 Å². The molecule has 0 unspecified atom stereocenters. The molecular weight excluding hydrogens is 247 g/mol. The highest BCUT2D eigenvalue weighted by atomic mass is 79.9. The van der Waals surface area contributed by atoms with Crippen LogP contribution in [-0.4, -0.2) is 9.78 Å². The third-order valence-electron chi connectivity index (χ3n) is 1.88. The van der Waals surface area contributed by atoms with Gasteiger partial charge < -0.3 is 0 Å². The molecule has 0 saturated carbocycles. The van der Waals surface area contributed by atoms with E-state index in [4.69, 9.17) is 0 Å². The number of aromatic nitrogens is 2. The molecule has 4 heteroatoms. The van der Waals surface area contributed by atoms with Gasteiger partial charge in [-0.3, -0.25) is 0 Å². The molecule has 2 aromatic rings. The van der Waals surface area contributed by atoms with Gasteiger partial charge in [0.2, 0.25) is 0 Å². The topological polar surface area (TPSA) is 17.8 Å². The Morgan fingerprint density at radius 2 is 2.07 bits per heavy atom. The molecule has 1 aromatic heterocycles. The first-order chi connectivity index (χ1) is 6.81. The minimum Gasteiger partial charge on any atom is -0.238 e. The Morgan fingerprint density at radius 1 is 1.29 bits per heavy atom. The first-order valence-electron chi connectivity index (χ1n) is 4.16. The van der Waals surface area contributed by atoms with E-state index in [-0.39, 0.29) is 5.82 Å². The van der Waals surface area contributed by atoms with Crippen molar-refractivity contribution in [2.45, 2.75) is 5.33 Å². The van der Waals surface area contributed by atoms with Crippen molar-refractivity contribution in [3.63, 3.8) is 0 Å². The van der Waals surface area contributed by atoms with Crippen molar-refractivity contribution < 1.29 is 4.39 Å². The molecule has 0 N–H and O–H groups in total. The number of para-hydroxylation sites is 1. The van der Waals surface area contributed by atoms with Crippen molar-refractivity contribution in [3.8, 4) is 5.69 Å². The summed E-state index contributed by atoms with van der Waals surface area (Å²) < 4.78 is 14.8. The fourth-order valence-corrected chi connectivity index (χ4v) is 1.50. The van der Waals surface area contributed by atoms with E-state index < -0.39 is 0 Å². The van der Waals surface area contributed by atoms with Crippen LogP contribution in [0.2, 0.25) is 0 Å². The van der Waals surface area contributed by atoms with Gasteiger partial charge in [-0.15, -0.1) is 0 Å². The van der Waals surface area contributed by atoms with Gasteiger partial charge in [-0.2, -0.15) is 5.10 Å². The third-order valence-corrected chi connectivity index (χ3v) is 2.45. The lowest BCUT2D eigenvalue weighted by atomic mass is 10.3. The molecule has 14 heavy (non-hydrogen) atoms. The van der Waals surface area contributed by atoms with Crippen molar-refractivity contribution in [1.29, 1.82) is 0 Å². The standard InChI is InChI=1S/C10H8BrFN2/c11-7-8-5-6-14(13-8)10-4-2-1-3-9(10)12/h1-6H,7H2. The number of hydrogen-bond donors (Lipinski definition) is 0. The largest absolute Gasteiger partial charge is 0.238 e. The second-order valence-electron chi connectivity index (χ2n) is 2.84. The molecular formula is C10H8BrFN2. The number of halogens is 2. The Bertz CT molecular complexity index is 439. The lowest BCUT2D eigenvalue weighted by Gasteiger charge is -2.01. The maximum absolute atomic E-state index is 13.3. The Hall–Kier alpha value is -1.16. The van der Waals surface area contributed by atoms with Crippen LogP contribution < -0.4 is 0 Å². The van der Waals surface area contributed by atoms with E-state index in [1.165, 1.54) is 10.7 Å². The fourth-order valence-electron chi connectivity index (χ4n) is 1.20. The van der Waals surface area contributed by atoms with Crippen molar-refractivity contribution in [1.82, 2.24) is 9.78 Å². The molecule has 0 amide bonds. The van der Waals surface area contributed by atoms with E-state index in [1.54, 1.807) is 24.4 Å². The Morgan fingerprint density at radius 3 is 2.71 bits per heavy atom. The van der Waals surface area contributed by atoms with Crippen LogP contribution in [0.4, 0.5) is 4.39 Å². The highest BCUT2D eigenvalue weighted by molar-refractivity contribution is 9.08. The van der Waals surface area contributed by atoms with Gasteiger partial charge in [0.25, 0.3) is 0 Å². The molecule has 2 rings (SSSR count). The highest BCUT2D eigenvalue weighted by Crippen LogP contribution is 2.12. The molecule has 0 bridgehead atoms. The molecule has 1 aromatic carbocycles. The van der Waals surface area contributed by atoms with Crippen LogP contribution in [0.25, 0.3) is 5.69 Å². The summed E-state index contributed by atoms with van der Waals surface area (Å²) in [7, 11) is 0. The van der Waals surface area contributed by atoms with Crippen molar-refractivity contribution in [2.24, 2.45) is 0 Å². The highest BCUT2D eigenvalue weighted by Gasteiger charge is 2.04. The molecule has 0 aliphatic rings. The summed E-state index contributed by atoms with van der Waals surface area (Å²) in [6, 6.07) is 8.41. The molecule has 0 fully saturated rings.